The summed E-state index contributed by atoms with van der Waals surface area (Å²) >= 11 is 0. The van der Waals surface area contributed by atoms with Gasteiger partial charge in [-0.2, -0.15) is 0 Å². The first-order valence-corrected chi connectivity index (χ1v) is 37.1. The lowest BCUT2D eigenvalue weighted by Crippen LogP contribution is -2.30. The first kappa shape index (κ1) is 80.4. The molecule has 0 radical (unpaired) electrons. The molecular formula is C77H142O6. The molecule has 0 aromatic carbocycles. The molecule has 1 unspecified atom stereocenters. The molecule has 0 fully saturated rings. The van der Waals surface area contributed by atoms with E-state index in [4.69, 9.17) is 14.2 Å². The van der Waals surface area contributed by atoms with E-state index in [0.29, 0.717) is 19.3 Å². The van der Waals surface area contributed by atoms with E-state index in [1.54, 1.807) is 0 Å². The third-order valence-electron chi connectivity index (χ3n) is 16.8. The summed E-state index contributed by atoms with van der Waals surface area (Å²) in [5, 5.41) is 0. The summed E-state index contributed by atoms with van der Waals surface area (Å²) in [6.07, 6.45) is 91.9. The quantitative estimate of drug-likeness (QED) is 0.0261. The van der Waals surface area contributed by atoms with Crippen molar-refractivity contribution < 1.29 is 28.6 Å². The van der Waals surface area contributed by atoms with Crippen molar-refractivity contribution in [3.8, 4) is 0 Å². The Labute approximate surface area is 518 Å². The molecule has 0 heterocycles. The Balaban J connectivity index is 3.98. The zero-order valence-corrected chi connectivity index (χ0v) is 56.0. The molecule has 0 spiro atoms. The number of ether oxygens (including phenoxy) is 3. The zero-order valence-electron chi connectivity index (χ0n) is 56.0. The van der Waals surface area contributed by atoms with Gasteiger partial charge in [-0.1, -0.05) is 352 Å². The minimum Gasteiger partial charge on any atom is -0.462 e. The number of unbranched alkanes of at least 4 members (excludes halogenated alkanes) is 50. The smallest absolute Gasteiger partial charge is 0.306 e. The average molecular weight is 1160 g/mol. The number of carbonyl (C=O) groups is 3. The van der Waals surface area contributed by atoms with Gasteiger partial charge in [-0.05, 0) is 83.5 Å². The highest BCUT2D eigenvalue weighted by molar-refractivity contribution is 5.71. The molecule has 0 aliphatic carbocycles. The maximum atomic E-state index is 12.9. The van der Waals surface area contributed by atoms with Crippen LogP contribution in [-0.2, 0) is 28.6 Å². The standard InChI is InChI=1S/C77H142O6/c1-4-7-10-13-16-18-20-22-24-26-28-30-32-34-35-36-37-38-39-40-41-43-44-46-48-50-52-54-56-58-61-64-67-70-76(79)82-73-74(72-81-75(78)69-66-63-60-15-12-9-6-3)83-77(80)71-68-65-62-59-57-55-53-51-49-47-45-42-33-31-29-27-25-23-21-19-17-14-11-8-5-2/h20-23,26-29,74H,4-19,24-25,30-73H2,1-3H3/b22-20-,23-21-,28-26-,29-27-. The van der Waals surface area contributed by atoms with E-state index in [0.717, 1.165) is 70.6 Å². The molecule has 6 heteroatoms. The summed E-state index contributed by atoms with van der Waals surface area (Å²) in [5.41, 5.74) is 0. The van der Waals surface area contributed by atoms with E-state index < -0.39 is 6.10 Å². The SMILES string of the molecule is CCCCCCC/C=C\C/C=C\CCCCCCCCCCCCCCCCCCCCCCCC(=O)OCC(COC(=O)CCCCCCCCC)OC(=O)CCCCCCCCCCCCCCC/C=C\C/C=C\CCCCCCC. The van der Waals surface area contributed by atoms with Gasteiger partial charge >= 0.3 is 17.9 Å². The third-order valence-corrected chi connectivity index (χ3v) is 16.8. The summed E-state index contributed by atoms with van der Waals surface area (Å²) in [5.74, 6) is -0.849. The van der Waals surface area contributed by atoms with Crippen molar-refractivity contribution in [2.45, 2.75) is 412 Å². The van der Waals surface area contributed by atoms with Gasteiger partial charge in [0.05, 0.1) is 0 Å². The van der Waals surface area contributed by atoms with Crippen LogP contribution in [0, 0.1) is 0 Å². The molecular weight excluding hydrogens is 1020 g/mol. The number of hydrogen-bond donors (Lipinski definition) is 0. The van der Waals surface area contributed by atoms with Gasteiger partial charge in [0.25, 0.3) is 0 Å². The predicted molar refractivity (Wildman–Crippen MR) is 362 cm³/mol. The Kier molecular flexibility index (Phi) is 69.6. The van der Waals surface area contributed by atoms with Crippen LogP contribution in [0.4, 0.5) is 0 Å². The van der Waals surface area contributed by atoms with E-state index in [1.807, 2.05) is 0 Å². The largest absolute Gasteiger partial charge is 0.462 e. The van der Waals surface area contributed by atoms with Crippen molar-refractivity contribution in [1.29, 1.82) is 0 Å². The Hall–Kier alpha value is -2.63. The van der Waals surface area contributed by atoms with E-state index in [9.17, 15) is 14.4 Å². The zero-order chi connectivity index (χ0) is 59.9. The summed E-state index contributed by atoms with van der Waals surface area (Å²) in [4.78, 5) is 38.2. The number of allylic oxidation sites excluding steroid dienone is 8. The highest BCUT2D eigenvalue weighted by Gasteiger charge is 2.19. The molecule has 0 aliphatic rings. The maximum absolute atomic E-state index is 12.9. The second kappa shape index (κ2) is 71.8. The molecule has 0 aromatic rings. The lowest BCUT2D eigenvalue weighted by molar-refractivity contribution is -0.167. The number of esters is 3. The van der Waals surface area contributed by atoms with Crippen LogP contribution < -0.4 is 0 Å². The maximum Gasteiger partial charge on any atom is 0.306 e. The van der Waals surface area contributed by atoms with Crippen LogP contribution in [0.25, 0.3) is 0 Å². The van der Waals surface area contributed by atoms with E-state index >= 15 is 0 Å². The van der Waals surface area contributed by atoms with E-state index in [1.165, 1.54) is 295 Å². The molecule has 1 atom stereocenters. The first-order valence-electron chi connectivity index (χ1n) is 37.1. The highest BCUT2D eigenvalue weighted by Crippen LogP contribution is 2.19. The fourth-order valence-electron chi connectivity index (χ4n) is 11.2. The lowest BCUT2D eigenvalue weighted by Gasteiger charge is -2.18. The predicted octanol–water partition coefficient (Wildman–Crippen LogP) is 25.7. The summed E-state index contributed by atoms with van der Waals surface area (Å²) in [6.45, 7) is 6.64. The molecule has 0 aromatic heterocycles. The summed E-state index contributed by atoms with van der Waals surface area (Å²) in [7, 11) is 0. The molecule has 486 valence electrons. The van der Waals surface area contributed by atoms with Crippen molar-refractivity contribution >= 4 is 17.9 Å². The number of rotatable bonds is 69. The van der Waals surface area contributed by atoms with Gasteiger partial charge in [-0.25, -0.2) is 0 Å². The number of hydrogen-bond acceptors (Lipinski definition) is 6. The second-order valence-corrected chi connectivity index (χ2v) is 25.2. The fourth-order valence-corrected chi connectivity index (χ4v) is 11.2. The van der Waals surface area contributed by atoms with Crippen molar-refractivity contribution in [2.75, 3.05) is 13.2 Å². The monoisotopic (exact) mass is 1160 g/mol. The van der Waals surface area contributed by atoms with Gasteiger partial charge in [0, 0.05) is 19.3 Å². The average Bonchev–Trinajstić information content (AvgIpc) is 3.50. The summed E-state index contributed by atoms with van der Waals surface area (Å²) in [6, 6.07) is 0. The first-order chi connectivity index (χ1) is 41.0. The van der Waals surface area contributed by atoms with Crippen LogP contribution >= 0.6 is 0 Å². The number of carbonyl (C=O) groups excluding carboxylic acids is 3. The van der Waals surface area contributed by atoms with Crippen LogP contribution in [0.3, 0.4) is 0 Å². The fraction of sp³-hybridized carbons (Fsp3) is 0.857. The molecule has 0 rings (SSSR count). The van der Waals surface area contributed by atoms with Crippen molar-refractivity contribution in [2.24, 2.45) is 0 Å². The van der Waals surface area contributed by atoms with Gasteiger partial charge < -0.3 is 14.2 Å². The van der Waals surface area contributed by atoms with E-state index in [2.05, 4.69) is 69.4 Å². The van der Waals surface area contributed by atoms with Gasteiger partial charge in [-0.15, -0.1) is 0 Å². The van der Waals surface area contributed by atoms with Gasteiger partial charge in [0.15, 0.2) is 6.10 Å². The third kappa shape index (κ3) is 70.0. The Morgan fingerprint density at radius 2 is 0.434 bits per heavy atom. The normalized spacial score (nSPS) is 12.3. The molecule has 0 amide bonds. The van der Waals surface area contributed by atoms with Crippen molar-refractivity contribution in [1.82, 2.24) is 0 Å². The van der Waals surface area contributed by atoms with Gasteiger partial charge in [0.1, 0.15) is 13.2 Å². The van der Waals surface area contributed by atoms with Crippen LogP contribution in [0.15, 0.2) is 48.6 Å². The summed E-state index contributed by atoms with van der Waals surface area (Å²) < 4.78 is 16.9. The lowest BCUT2D eigenvalue weighted by atomic mass is 10.0. The topological polar surface area (TPSA) is 78.9 Å². The molecule has 83 heavy (non-hydrogen) atoms. The molecule has 0 saturated heterocycles. The highest BCUT2D eigenvalue weighted by atomic mass is 16.6. The van der Waals surface area contributed by atoms with Crippen LogP contribution in [0.1, 0.15) is 406 Å². The second-order valence-electron chi connectivity index (χ2n) is 25.2. The Morgan fingerprint density at radius 1 is 0.241 bits per heavy atom. The molecule has 0 N–H and O–H groups in total. The molecule has 0 aliphatic heterocycles. The van der Waals surface area contributed by atoms with Gasteiger partial charge in [0.2, 0.25) is 0 Å². The van der Waals surface area contributed by atoms with Gasteiger partial charge in [-0.3, -0.25) is 14.4 Å². The van der Waals surface area contributed by atoms with Crippen LogP contribution in [0.5, 0.6) is 0 Å². The van der Waals surface area contributed by atoms with E-state index in [-0.39, 0.29) is 31.1 Å². The van der Waals surface area contributed by atoms with Crippen LogP contribution in [-0.4, -0.2) is 37.2 Å². The molecule has 6 nitrogen and oxygen atoms in total. The van der Waals surface area contributed by atoms with Crippen LogP contribution in [0.2, 0.25) is 0 Å². The molecule has 0 saturated carbocycles. The van der Waals surface area contributed by atoms with Crippen molar-refractivity contribution in [3.63, 3.8) is 0 Å². The Morgan fingerprint density at radius 3 is 0.663 bits per heavy atom. The molecule has 0 bridgehead atoms. The minimum absolute atomic E-state index is 0.0677. The van der Waals surface area contributed by atoms with Crippen molar-refractivity contribution in [3.05, 3.63) is 48.6 Å². The minimum atomic E-state index is -0.769. The Bertz CT molecular complexity index is 1430.